The minimum Gasteiger partial charge on any atom is -0.440 e. The Hall–Kier alpha value is -2.21. The van der Waals surface area contributed by atoms with E-state index in [9.17, 15) is 0 Å². The lowest BCUT2D eigenvalue weighted by Crippen LogP contribution is -2.34. The van der Waals surface area contributed by atoms with E-state index in [1.54, 1.807) is 0 Å². The first-order valence-electron chi connectivity index (χ1n) is 7.65. The second-order valence-corrected chi connectivity index (χ2v) is 5.83. The molecule has 0 unspecified atom stereocenters. The molecule has 114 valence electrons. The number of para-hydroxylation sites is 2. The van der Waals surface area contributed by atoms with Crippen LogP contribution in [-0.2, 0) is 6.54 Å². The zero-order valence-electron chi connectivity index (χ0n) is 12.5. The SMILES string of the molecule is Cc1noc(CN2CCC[C@H](c3nc4ccccc4o3)C2)n1. The molecule has 0 bridgehead atoms. The van der Waals surface area contributed by atoms with Gasteiger partial charge in [-0.25, -0.2) is 4.98 Å². The highest BCUT2D eigenvalue weighted by atomic mass is 16.5. The smallest absolute Gasteiger partial charge is 0.240 e. The van der Waals surface area contributed by atoms with Crippen LogP contribution in [0.25, 0.3) is 11.1 Å². The summed E-state index contributed by atoms with van der Waals surface area (Å²) >= 11 is 0. The zero-order chi connectivity index (χ0) is 14.9. The van der Waals surface area contributed by atoms with Gasteiger partial charge < -0.3 is 8.94 Å². The number of nitrogens with zero attached hydrogens (tertiary/aromatic N) is 4. The quantitative estimate of drug-likeness (QED) is 0.740. The number of hydrogen-bond donors (Lipinski definition) is 0. The third kappa shape index (κ3) is 2.62. The monoisotopic (exact) mass is 298 g/mol. The van der Waals surface area contributed by atoms with Gasteiger partial charge in [-0.15, -0.1) is 0 Å². The highest BCUT2D eigenvalue weighted by Crippen LogP contribution is 2.29. The molecule has 1 saturated heterocycles. The van der Waals surface area contributed by atoms with Crippen LogP contribution in [0, 0.1) is 6.92 Å². The molecule has 22 heavy (non-hydrogen) atoms. The lowest BCUT2D eigenvalue weighted by Gasteiger charge is -2.29. The topological polar surface area (TPSA) is 68.2 Å². The fraction of sp³-hybridized carbons (Fsp3) is 0.438. The van der Waals surface area contributed by atoms with Gasteiger partial charge in [-0.05, 0) is 38.4 Å². The molecule has 6 nitrogen and oxygen atoms in total. The largest absolute Gasteiger partial charge is 0.440 e. The van der Waals surface area contributed by atoms with Crippen molar-refractivity contribution in [1.29, 1.82) is 0 Å². The van der Waals surface area contributed by atoms with Gasteiger partial charge in [-0.2, -0.15) is 4.98 Å². The summed E-state index contributed by atoms with van der Waals surface area (Å²) in [5, 5.41) is 3.84. The number of benzene rings is 1. The van der Waals surface area contributed by atoms with Gasteiger partial charge in [0.05, 0.1) is 6.54 Å². The molecule has 0 amide bonds. The summed E-state index contributed by atoms with van der Waals surface area (Å²) in [6.45, 7) is 4.48. The predicted octanol–water partition coefficient (Wildman–Crippen LogP) is 2.90. The van der Waals surface area contributed by atoms with Gasteiger partial charge >= 0.3 is 0 Å². The van der Waals surface area contributed by atoms with Crippen molar-refractivity contribution in [2.24, 2.45) is 0 Å². The summed E-state index contributed by atoms with van der Waals surface area (Å²) in [6.07, 6.45) is 2.22. The highest BCUT2D eigenvalue weighted by molar-refractivity contribution is 5.72. The van der Waals surface area contributed by atoms with Gasteiger partial charge in [0.2, 0.25) is 5.89 Å². The Labute approximate surface area is 128 Å². The van der Waals surface area contributed by atoms with Crippen molar-refractivity contribution >= 4 is 11.1 Å². The predicted molar refractivity (Wildman–Crippen MR) is 80.3 cm³/mol. The molecule has 6 heteroatoms. The number of rotatable bonds is 3. The lowest BCUT2D eigenvalue weighted by atomic mass is 9.98. The first-order valence-corrected chi connectivity index (χ1v) is 7.65. The van der Waals surface area contributed by atoms with Crippen molar-refractivity contribution in [3.8, 4) is 0 Å². The van der Waals surface area contributed by atoms with E-state index in [2.05, 4.69) is 20.0 Å². The van der Waals surface area contributed by atoms with Crippen molar-refractivity contribution in [2.45, 2.75) is 32.2 Å². The van der Waals surface area contributed by atoms with Crippen molar-refractivity contribution in [1.82, 2.24) is 20.0 Å². The maximum absolute atomic E-state index is 5.92. The number of aryl methyl sites for hydroxylation is 1. The van der Waals surface area contributed by atoms with E-state index < -0.39 is 0 Å². The van der Waals surface area contributed by atoms with Crippen LogP contribution in [0.2, 0.25) is 0 Å². The Morgan fingerprint density at radius 2 is 2.18 bits per heavy atom. The second-order valence-electron chi connectivity index (χ2n) is 5.83. The molecule has 3 aromatic rings. The number of likely N-dealkylation sites (tertiary alicyclic amines) is 1. The van der Waals surface area contributed by atoms with E-state index in [4.69, 9.17) is 8.94 Å². The van der Waals surface area contributed by atoms with E-state index >= 15 is 0 Å². The Kier molecular flexibility index (Phi) is 3.38. The lowest BCUT2D eigenvalue weighted by molar-refractivity contribution is 0.167. The number of fused-ring (bicyclic) bond motifs is 1. The van der Waals surface area contributed by atoms with Crippen LogP contribution in [0.5, 0.6) is 0 Å². The molecule has 3 heterocycles. The molecule has 1 aliphatic heterocycles. The van der Waals surface area contributed by atoms with Crippen LogP contribution in [0.1, 0.15) is 36.4 Å². The summed E-state index contributed by atoms with van der Waals surface area (Å²) in [7, 11) is 0. The Morgan fingerprint density at radius 1 is 1.27 bits per heavy atom. The van der Waals surface area contributed by atoms with E-state index in [-0.39, 0.29) is 0 Å². The number of aromatic nitrogens is 3. The second kappa shape index (κ2) is 5.53. The molecule has 1 fully saturated rings. The number of oxazole rings is 1. The van der Waals surface area contributed by atoms with E-state index in [1.807, 2.05) is 31.2 Å². The molecular formula is C16H18N4O2. The first kappa shape index (κ1) is 13.5. The average molecular weight is 298 g/mol. The minimum absolute atomic E-state index is 0.324. The summed E-state index contributed by atoms with van der Waals surface area (Å²) < 4.78 is 11.1. The van der Waals surface area contributed by atoms with Gasteiger partial charge in [-0.3, -0.25) is 4.90 Å². The molecular weight excluding hydrogens is 280 g/mol. The van der Waals surface area contributed by atoms with Gasteiger partial charge in [-0.1, -0.05) is 17.3 Å². The third-order valence-corrected chi connectivity index (χ3v) is 4.09. The van der Waals surface area contributed by atoms with Gasteiger partial charge in [0, 0.05) is 12.5 Å². The van der Waals surface area contributed by atoms with E-state index in [0.717, 1.165) is 42.9 Å². The molecule has 0 N–H and O–H groups in total. The van der Waals surface area contributed by atoms with Crippen molar-refractivity contribution in [3.63, 3.8) is 0 Å². The molecule has 1 aliphatic rings. The fourth-order valence-corrected chi connectivity index (χ4v) is 3.06. The van der Waals surface area contributed by atoms with Gasteiger partial charge in [0.15, 0.2) is 17.3 Å². The van der Waals surface area contributed by atoms with Crippen LogP contribution in [0.3, 0.4) is 0 Å². The van der Waals surface area contributed by atoms with Crippen LogP contribution in [-0.4, -0.2) is 33.1 Å². The highest BCUT2D eigenvalue weighted by Gasteiger charge is 2.26. The van der Waals surface area contributed by atoms with Crippen molar-refractivity contribution in [3.05, 3.63) is 41.9 Å². The molecule has 0 radical (unpaired) electrons. The summed E-state index contributed by atoms with van der Waals surface area (Å²) in [4.78, 5) is 11.2. The number of hydrogen-bond acceptors (Lipinski definition) is 6. The van der Waals surface area contributed by atoms with Gasteiger partial charge in [0.25, 0.3) is 0 Å². The van der Waals surface area contributed by atoms with Gasteiger partial charge in [0.1, 0.15) is 5.52 Å². The first-order chi connectivity index (χ1) is 10.8. The standard InChI is InChI=1S/C16H18N4O2/c1-11-17-15(22-19-11)10-20-8-4-5-12(9-20)16-18-13-6-2-3-7-14(13)21-16/h2-3,6-7,12H,4-5,8-10H2,1H3/t12-/m0/s1. The Morgan fingerprint density at radius 3 is 3.00 bits per heavy atom. The van der Waals surface area contributed by atoms with Crippen molar-refractivity contribution < 1.29 is 8.94 Å². The fourth-order valence-electron chi connectivity index (χ4n) is 3.06. The summed E-state index contributed by atoms with van der Waals surface area (Å²) in [5.41, 5.74) is 1.80. The molecule has 2 aromatic heterocycles. The summed E-state index contributed by atoms with van der Waals surface area (Å²) in [5.74, 6) is 2.52. The Balaban J connectivity index is 1.50. The maximum Gasteiger partial charge on any atom is 0.240 e. The molecule has 0 saturated carbocycles. The van der Waals surface area contributed by atoms with Crippen LogP contribution in [0.15, 0.2) is 33.2 Å². The molecule has 1 atom stereocenters. The molecule has 4 rings (SSSR count). The minimum atomic E-state index is 0.324. The summed E-state index contributed by atoms with van der Waals surface area (Å²) in [6, 6.07) is 7.92. The van der Waals surface area contributed by atoms with Crippen LogP contribution >= 0.6 is 0 Å². The third-order valence-electron chi connectivity index (χ3n) is 4.09. The van der Waals surface area contributed by atoms with E-state index in [1.165, 1.54) is 0 Å². The maximum atomic E-state index is 5.92. The van der Waals surface area contributed by atoms with E-state index in [0.29, 0.717) is 24.2 Å². The normalized spacial score (nSPS) is 19.8. The molecule has 1 aromatic carbocycles. The molecule has 0 spiro atoms. The van der Waals surface area contributed by atoms with Crippen LogP contribution in [0.4, 0.5) is 0 Å². The van der Waals surface area contributed by atoms with Crippen LogP contribution < -0.4 is 0 Å². The zero-order valence-corrected chi connectivity index (χ0v) is 12.5. The van der Waals surface area contributed by atoms with Crippen molar-refractivity contribution in [2.75, 3.05) is 13.1 Å². The average Bonchev–Trinajstić information content (AvgIpc) is 3.13. The number of piperidine rings is 1. The Bertz CT molecular complexity index is 746. The molecule has 0 aliphatic carbocycles.